The Labute approximate surface area is 107 Å². The average Bonchev–Trinajstić information content (AvgIpc) is 2.31. The lowest BCUT2D eigenvalue weighted by atomic mass is 10.0. The van der Waals surface area contributed by atoms with Crippen molar-refractivity contribution in [2.24, 2.45) is 0 Å². The number of hydrogen-bond donors (Lipinski definition) is 1. The van der Waals surface area contributed by atoms with Gasteiger partial charge in [0.15, 0.2) is 0 Å². The van der Waals surface area contributed by atoms with Crippen molar-refractivity contribution in [2.45, 2.75) is 20.0 Å². The number of hydrogen-bond acceptors (Lipinski definition) is 2. The van der Waals surface area contributed by atoms with Crippen LogP contribution in [0.25, 0.3) is 11.3 Å². The second kappa shape index (κ2) is 4.53. The molecule has 3 nitrogen and oxygen atoms in total. The number of nitrogens with zero attached hydrogens (tertiary/aromatic N) is 1. The maximum atomic E-state index is 12.6. The summed E-state index contributed by atoms with van der Waals surface area (Å²) in [5.41, 5.74) is 0.171. The van der Waals surface area contributed by atoms with E-state index in [0.717, 1.165) is 17.2 Å². The molecule has 1 N–H and O–H groups in total. The Bertz CT molecular complexity index is 674. The van der Waals surface area contributed by atoms with Gasteiger partial charge in [-0.15, -0.1) is 0 Å². The largest absolute Gasteiger partial charge is 0.431 e. The molecule has 100 valence electrons. The van der Waals surface area contributed by atoms with Crippen LogP contribution in [-0.4, -0.2) is 9.97 Å². The minimum Gasteiger partial charge on any atom is -0.302 e. The van der Waals surface area contributed by atoms with Crippen molar-refractivity contribution in [3.8, 4) is 11.3 Å². The number of aryl methyl sites for hydroxylation is 1. The average molecular weight is 268 g/mol. The molecule has 0 aliphatic rings. The summed E-state index contributed by atoms with van der Waals surface area (Å²) in [7, 11) is 0. The lowest BCUT2D eigenvalue weighted by Crippen LogP contribution is -2.19. The molecule has 0 aliphatic carbocycles. The van der Waals surface area contributed by atoms with Crippen LogP contribution in [0.4, 0.5) is 13.2 Å². The molecule has 1 heterocycles. The zero-order valence-corrected chi connectivity index (χ0v) is 10.3. The number of alkyl halides is 3. The predicted octanol–water partition coefficient (Wildman–Crippen LogP) is 3.07. The molecule has 1 aromatic heterocycles. The third-order valence-electron chi connectivity index (χ3n) is 2.93. The van der Waals surface area contributed by atoms with Crippen LogP contribution in [0.3, 0.4) is 0 Å². The summed E-state index contributed by atoms with van der Waals surface area (Å²) in [5, 5.41) is 0. The van der Waals surface area contributed by atoms with Gasteiger partial charge in [0.2, 0.25) is 0 Å². The first-order valence-electron chi connectivity index (χ1n) is 5.54. The molecule has 0 aliphatic heterocycles. The van der Waals surface area contributed by atoms with Gasteiger partial charge in [0.1, 0.15) is 5.69 Å². The normalized spacial score (nSPS) is 11.6. The first-order chi connectivity index (χ1) is 8.79. The molecule has 0 spiro atoms. The van der Waals surface area contributed by atoms with E-state index in [2.05, 4.69) is 4.98 Å². The van der Waals surface area contributed by atoms with Crippen LogP contribution in [-0.2, 0) is 6.18 Å². The van der Waals surface area contributed by atoms with Crippen LogP contribution in [0.2, 0.25) is 0 Å². The predicted molar refractivity (Wildman–Crippen MR) is 64.8 cm³/mol. The van der Waals surface area contributed by atoms with Crippen molar-refractivity contribution in [1.82, 2.24) is 9.97 Å². The maximum Gasteiger partial charge on any atom is 0.431 e. The molecular formula is C13H11F3N2O. The van der Waals surface area contributed by atoms with Crippen molar-refractivity contribution < 1.29 is 13.2 Å². The number of aromatic nitrogens is 2. The Balaban J connectivity index is 2.67. The number of benzene rings is 1. The third-order valence-corrected chi connectivity index (χ3v) is 2.93. The lowest BCUT2D eigenvalue weighted by molar-refractivity contribution is -0.141. The Hall–Kier alpha value is -2.11. The van der Waals surface area contributed by atoms with Gasteiger partial charge in [-0.2, -0.15) is 18.2 Å². The molecule has 0 radical (unpaired) electrons. The first kappa shape index (κ1) is 13.3. The van der Waals surface area contributed by atoms with Crippen LogP contribution >= 0.6 is 0 Å². The van der Waals surface area contributed by atoms with E-state index in [4.69, 9.17) is 0 Å². The van der Waals surface area contributed by atoms with E-state index >= 15 is 0 Å². The van der Waals surface area contributed by atoms with E-state index in [1.165, 1.54) is 0 Å². The molecule has 0 saturated heterocycles. The molecule has 6 heteroatoms. The van der Waals surface area contributed by atoms with Gasteiger partial charge >= 0.3 is 11.9 Å². The van der Waals surface area contributed by atoms with E-state index in [-0.39, 0.29) is 5.69 Å². The monoisotopic (exact) mass is 268 g/mol. The van der Waals surface area contributed by atoms with E-state index in [1.54, 1.807) is 24.0 Å². The van der Waals surface area contributed by atoms with Crippen molar-refractivity contribution in [2.75, 3.05) is 0 Å². The van der Waals surface area contributed by atoms with Gasteiger partial charge in [-0.1, -0.05) is 18.2 Å². The molecule has 2 aromatic rings. The fourth-order valence-electron chi connectivity index (χ4n) is 1.78. The van der Waals surface area contributed by atoms with Gasteiger partial charge < -0.3 is 4.98 Å². The summed E-state index contributed by atoms with van der Waals surface area (Å²) in [6, 6.07) is 6.05. The Kier molecular flexibility index (Phi) is 3.18. The summed E-state index contributed by atoms with van der Waals surface area (Å²) < 4.78 is 37.9. The maximum absolute atomic E-state index is 12.6. The number of halogens is 3. The summed E-state index contributed by atoms with van der Waals surface area (Å²) in [6.07, 6.45) is -4.60. The molecule has 19 heavy (non-hydrogen) atoms. The molecule has 0 saturated carbocycles. The van der Waals surface area contributed by atoms with Crippen LogP contribution in [0.1, 0.15) is 16.8 Å². The minimum absolute atomic E-state index is 0.0253. The fraction of sp³-hybridized carbons (Fsp3) is 0.231. The molecule has 0 unspecified atom stereocenters. The Morgan fingerprint density at radius 1 is 1.21 bits per heavy atom. The molecular weight excluding hydrogens is 257 g/mol. The van der Waals surface area contributed by atoms with Gasteiger partial charge in [-0.25, -0.2) is 4.79 Å². The summed E-state index contributed by atoms with van der Waals surface area (Å²) in [4.78, 5) is 16.6. The number of rotatable bonds is 1. The van der Waals surface area contributed by atoms with Crippen molar-refractivity contribution in [3.05, 3.63) is 51.6 Å². The number of aromatic amines is 1. The molecule has 0 bridgehead atoms. The SMILES string of the molecule is Cc1cccc(-c2cc(C(F)(F)F)[nH]c(=O)n2)c1C. The quantitative estimate of drug-likeness (QED) is 0.863. The van der Waals surface area contributed by atoms with Crippen molar-refractivity contribution >= 4 is 0 Å². The van der Waals surface area contributed by atoms with Gasteiger partial charge in [0.25, 0.3) is 0 Å². The second-order valence-corrected chi connectivity index (χ2v) is 4.23. The second-order valence-electron chi connectivity index (χ2n) is 4.23. The zero-order valence-electron chi connectivity index (χ0n) is 10.3. The highest BCUT2D eigenvalue weighted by molar-refractivity contribution is 5.65. The van der Waals surface area contributed by atoms with Gasteiger partial charge in [0.05, 0.1) is 5.69 Å². The van der Waals surface area contributed by atoms with Crippen LogP contribution < -0.4 is 5.69 Å². The van der Waals surface area contributed by atoms with E-state index in [0.29, 0.717) is 5.56 Å². The van der Waals surface area contributed by atoms with Gasteiger partial charge in [0, 0.05) is 5.56 Å². The van der Waals surface area contributed by atoms with Crippen LogP contribution in [0, 0.1) is 13.8 Å². The number of H-pyrrole nitrogens is 1. The van der Waals surface area contributed by atoms with Crippen LogP contribution in [0.15, 0.2) is 29.1 Å². The van der Waals surface area contributed by atoms with Crippen molar-refractivity contribution in [1.29, 1.82) is 0 Å². The van der Waals surface area contributed by atoms with Gasteiger partial charge in [-0.3, -0.25) is 0 Å². The molecule has 2 rings (SSSR count). The topological polar surface area (TPSA) is 45.8 Å². The summed E-state index contributed by atoms with van der Waals surface area (Å²) in [6.45, 7) is 3.62. The Morgan fingerprint density at radius 2 is 1.89 bits per heavy atom. The van der Waals surface area contributed by atoms with Crippen molar-refractivity contribution in [3.63, 3.8) is 0 Å². The molecule has 0 amide bonds. The first-order valence-corrected chi connectivity index (χ1v) is 5.54. The van der Waals surface area contributed by atoms with Gasteiger partial charge in [-0.05, 0) is 31.0 Å². The van der Waals surface area contributed by atoms with E-state index in [9.17, 15) is 18.0 Å². The fourth-order valence-corrected chi connectivity index (χ4v) is 1.78. The Morgan fingerprint density at radius 3 is 2.53 bits per heavy atom. The zero-order chi connectivity index (χ0) is 14.2. The highest BCUT2D eigenvalue weighted by atomic mass is 19.4. The third kappa shape index (κ3) is 2.67. The highest BCUT2D eigenvalue weighted by Gasteiger charge is 2.32. The van der Waals surface area contributed by atoms with E-state index in [1.807, 2.05) is 13.0 Å². The van der Waals surface area contributed by atoms with Crippen LogP contribution in [0.5, 0.6) is 0 Å². The smallest absolute Gasteiger partial charge is 0.302 e. The molecule has 0 fully saturated rings. The standard InChI is InChI=1S/C13H11F3N2O/c1-7-4-3-5-9(8(7)2)10-6-11(13(14,15)16)18-12(19)17-10/h3-6H,1-2H3,(H,17,18,19). The minimum atomic E-state index is -4.60. The summed E-state index contributed by atoms with van der Waals surface area (Å²) in [5.74, 6) is 0. The summed E-state index contributed by atoms with van der Waals surface area (Å²) >= 11 is 0. The molecule has 1 aromatic carbocycles. The number of nitrogens with one attached hydrogen (secondary N) is 1. The molecule has 0 atom stereocenters. The lowest BCUT2D eigenvalue weighted by Gasteiger charge is -2.10. The highest BCUT2D eigenvalue weighted by Crippen LogP contribution is 2.30. The van der Waals surface area contributed by atoms with E-state index < -0.39 is 17.6 Å².